The van der Waals surface area contributed by atoms with Crippen molar-refractivity contribution in [2.24, 2.45) is 0 Å². The zero-order valence-corrected chi connectivity index (χ0v) is 18.6. The van der Waals surface area contributed by atoms with Crippen molar-refractivity contribution >= 4 is 0 Å². The third-order valence-electron chi connectivity index (χ3n) is 6.03. The average molecular weight is 524 g/mol. The molecule has 17 nitrogen and oxygen atoms in total. The Morgan fingerprint density at radius 1 is 0.600 bits per heavy atom. The Labute approximate surface area is 198 Å². The normalized spacial score (nSPS) is 50.7. The van der Waals surface area contributed by atoms with Crippen LogP contribution in [0.3, 0.4) is 0 Å². The second-order valence-corrected chi connectivity index (χ2v) is 8.36. The van der Waals surface area contributed by atoms with Gasteiger partial charge in [0.25, 0.3) is 0 Å². The lowest BCUT2D eigenvalue weighted by atomic mass is 9.97. The van der Waals surface area contributed by atoms with Gasteiger partial charge >= 0.3 is 0 Å². The van der Waals surface area contributed by atoms with Gasteiger partial charge in [0.05, 0.1) is 19.3 Å². The van der Waals surface area contributed by atoms with Gasteiger partial charge in [0.15, 0.2) is 18.9 Å². The molecule has 3 heterocycles. The number of ether oxygens (including phenoxy) is 5. The van der Waals surface area contributed by atoms with Gasteiger partial charge < -0.3 is 85.7 Å². The van der Waals surface area contributed by atoms with Crippen molar-refractivity contribution in [2.45, 2.75) is 99.0 Å². The molecule has 0 aromatic rings. The number of hydrogen-bond donors (Lipinski definition) is 10. The molecule has 0 aliphatic carbocycles. The molecule has 0 amide bonds. The van der Waals surface area contributed by atoms with E-state index < -0.39 is 105 Å². The van der Waals surface area contributed by atoms with E-state index in [0.29, 0.717) is 0 Å². The van der Waals surface area contributed by atoms with Crippen LogP contribution in [0.15, 0.2) is 0 Å². The van der Waals surface area contributed by atoms with Crippen LogP contribution in [0, 0.1) is 0 Å². The van der Waals surface area contributed by atoms with E-state index in [4.69, 9.17) is 23.7 Å². The van der Waals surface area contributed by atoms with Crippen molar-refractivity contribution in [3.63, 3.8) is 0 Å². The van der Waals surface area contributed by atoms with Gasteiger partial charge in [0, 0.05) is 0 Å². The molecule has 17 heteroatoms. The number of aliphatic hydroxyl groups is 10. The van der Waals surface area contributed by atoms with Gasteiger partial charge in [0.2, 0.25) is 0 Å². The molecule has 3 aliphatic rings. The molecule has 3 fully saturated rings. The summed E-state index contributed by atoms with van der Waals surface area (Å²) in [7, 11) is 0. The molecule has 0 saturated carbocycles. The SMILES string of the molecule is C[C@H]1OC(OC[C@H]2O[C@@H](O[C@H]3[C@H](O)[C@@H](O)[C@@H](O)O[C@@H]3CO)[C@H](O)[C@@H](O)[C@H]2O)[C@H](O)[C@@H](O)[C@H]1O.O.O. The summed E-state index contributed by atoms with van der Waals surface area (Å²) in [6.07, 6.45) is -23.5. The van der Waals surface area contributed by atoms with E-state index in [9.17, 15) is 51.1 Å². The molecule has 0 aromatic carbocycles. The van der Waals surface area contributed by atoms with Crippen LogP contribution < -0.4 is 0 Å². The molecule has 3 aliphatic heterocycles. The van der Waals surface area contributed by atoms with Gasteiger partial charge in [-0.15, -0.1) is 0 Å². The fourth-order valence-electron chi connectivity index (χ4n) is 3.90. The molecule has 0 bridgehead atoms. The Morgan fingerprint density at radius 3 is 1.77 bits per heavy atom. The van der Waals surface area contributed by atoms with Crippen molar-refractivity contribution in [3.8, 4) is 0 Å². The minimum atomic E-state index is -1.83. The van der Waals surface area contributed by atoms with Gasteiger partial charge in [-0.25, -0.2) is 0 Å². The Balaban J connectivity index is 0.00000306. The van der Waals surface area contributed by atoms with Crippen LogP contribution >= 0.6 is 0 Å². The van der Waals surface area contributed by atoms with Crippen LogP contribution in [0.4, 0.5) is 0 Å². The number of rotatable bonds is 6. The monoisotopic (exact) mass is 524 g/mol. The van der Waals surface area contributed by atoms with E-state index in [0.717, 1.165) is 0 Å². The minimum absolute atomic E-state index is 0. The molecule has 15 atom stereocenters. The lowest BCUT2D eigenvalue weighted by Crippen LogP contribution is -2.64. The van der Waals surface area contributed by atoms with Crippen molar-refractivity contribution in [1.82, 2.24) is 0 Å². The summed E-state index contributed by atoms with van der Waals surface area (Å²) in [5.74, 6) is 0. The smallest absolute Gasteiger partial charge is 0.187 e. The highest BCUT2D eigenvalue weighted by atomic mass is 16.7. The molecule has 35 heavy (non-hydrogen) atoms. The Hall–Kier alpha value is -0.680. The maximum atomic E-state index is 10.3. The van der Waals surface area contributed by atoms with E-state index >= 15 is 0 Å². The first kappa shape index (κ1) is 32.3. The van der Waals surface area contributed by atoms with E-state index in [1.165, 1.54) is 6.92 Å². The predicted molar refractivity (Wildman–Crippen MR) is 107 cm³/mol. The molecular formula is C18H36O17. The zero-order chi connectivity index (χ0) is 24.6. The van der Waals surface area contributed by atoms with Crippen LogP contribution in [-0.4, -0.2) is 167 Å². The van der Waals surface area contributed by atoms with Crippen LogP contribution in [-0.2, 0) is 23.7 Å². The Bertz CT molecular complexity index is 626. The fraction of sp³-hybridized carbons (Fsp3) is 1.00. The molecule has 3 rings (SSSR count). The Kier molecular flexibility index (Phi) is 12.2. The Morgan fingerprint density at radius 2 is 1.17 bits per heavy atom. The first-order valence-electron chi connectivity index (χ1n) is 10.4. The molecule has 210 valence electrons. The van der Waals surface area contributed by atoms with Gasteiger partial charge in [-0.3, -0.25) is 0 Å². The molecule has 0 aromatic heterocycles. The van der Waals surface area contributed by atoms with Gasteiger partial charge in [-0.05, 0) is 6.92 Å². The second-order valence-electron chi connectivity index (χ2n) is 8.36. The first-order valence-corrected chi connectivity index (χ1v) is 10.4. The minimum Gasteiger partial charge on any atom is -0.412 e. The predicted octanol–water partition coefficient (Wildman–Crippen LogP) is -8.19. The van der Waals surface area contributed by atoms with Crippen molar-refractivity contribution in [3.05, 3.63) is 0 Å². The van der Waals surface area contributed by atoms with E-state index in [1.807, 2.05) is 0 Å². The highest BCUT2D eigenvalue weighted by Crippen LogP contribution is 2.29. The van der Waals surface area contributed by atoms with Gasteiger partial charge in [-0.2, -0.15) is 0 Å². The molecule has 3 saturated heterocycles. The van der Waals surface area contributed by atoms with Gasteiger partial charge in [-0.1, -0.05) is 0 Å². The van der Waals surface area contributed by atoms with Crippen molar-refractivity contribution in [2.75, 3.05) is 13.2 Å². The summed E-state index contributed by atoms with van der Waals surface area (Å²) in [5, 5.41) is 99.4. The summed E-state index contributed by atoms with van der Waals surface area (Å²) in [6.45, 7) is 0.165. The standard InChI is InChI=1S/C18H32O15.2H2O/c1-4-7(20)9(22)13(26)17(30-4)29-3-6-8(21)10(23)14(27)18(32-6)33-15-5(2-19)31-16(28)12(25)11(15)24;;/h4-28H,2-3H2,1H3;2*1H2/t4-,5-,6-,7+,8+,9+,10+,11-,12-,13-,14-,15-,16+,17?,18+;;/m1../s1. The van der Waals surface area contributed by atoms with Crippen molar-refractivity contribution in [1.29, 1.82) is 0 Å². The van der Waals surface area contributed by atoms with Crippen molar-refractivity contribution < 1.29 is 85.7 Å². The average Bonchev–Trinajstić information content (AvgIpc) is 2.79. The first-order chi connectivity index (χ1) is 15.5. The molecule has 14 N–H and O–H groups in total. The number of hydrogen-bond acceptors (Lipinski definition) is 15. The molecular weight excluding hydrogens is 488 g/mol. The summed E-state index contributed by atoms with van der Waals surface area (Å²) < 4.78 is 26.5. The summed E-state index contributed by atoms with van der Waals surface area (Å²) in [6, 6.07) is 0. The highest BCUT2D eigenvalue weighted by molar-refractivity contribution is 4.94. The lowest BCUT2D eigenvalue weighted by molar-refractivity contribution is -0.361. The summed E-state index contributed by atoms with van der Waals surface area (Å²) >= 11 is 0. The van der Waals surface area contributed by atoms with E-state index in [2.05, 4.69) is 0 Å². The zero-order valence-electron chi connectivity index (χ0n) is 18.6. The maximum Gasteiger partial charge on any atom is 0.187 e. The van der Waals surface area contributed by atoms with Crippen LogP contribution in [0.25, 0.3) is 0 Å². The second kappa shape index (κ2) is 13.2. The topological polar surface area (TPSA) is 311 Å². The largest absolute Gasteiger partial charge is 0.412 e. The van der Waals surface area contributed by atoms with Crippen LogP contribution in [0.5, 0.6) is 0 Å². The van der Waals surface area contributed by atoms with Crippen LogP contribution in [0.2, 0.25) is 0 Å². The van der Waals surface area contributed by atoms with Crippen LogP contribution in [0.1, 0.15) is 6.92 Å². The number of aliphatic hydroxyl groups excluding tert-OH is 10. The molecule has 0 radical (unpaired) electrons. The summed E-state index contributed by atoms with van der Waals surface area (Å²) in [4.78, 5) is 0. The lowest BCUT2D eigenvalue weighted by Gasteiger charge is -2.45. The van der Waals surface area contributed by atoms with Gasteiger partial charge in [0.1, 0.15) is 67.1 Å². The third kappa shape index (κ3) is 6.61. The summed E-state index contributed by atoms with van der Waals surface area (Å²) in [5.41, 5.74) is 0. The van der Waals surface area contributed by atoms with E-state index in [1.54, 1.807) is 0 Å². The highest BCUT2D eigenvalue weighted by Gasteiger charge is 2.51. The molecule has 0 spiro atoms. The fourth-order valence-corrected chi connectivity index (χ4v) is 3.90. The third-order valence-corrected chi connectivity index (χ3v) is 6.03. The molecule has 1 unspecified atom stereocenters. The maximum absolute atomic E-state index is 10.3. The quantitative estimate of drug-likeness (QED) is 0.154. The van der Waals surface area contributed by atoms with E-state index in [-0.39, 0.29) is 11.0 Å².